The van der Waals surface area contributed by atoms with Crippen LogP contribution < -0.4 is 10.1 Å². The summed E-state index contributed by atoms with van der Waals surface area (Å²) in [6.07, 6.45) is 2.78. The van der Waals surface area contributed by atoms with Gasteiger partial charge in [-0.1, -0.05) is 12.1 Å². The molecule has 2 fully saturated rings. The number of benzene rings is 1. The van der Waals surface area contributed by atoms with E-state index in [1.807, 2.05) is 17.0 Å². The molecular formula is C21H31N3O4. The summed E-state index contributed by atoms with van der Waals surface area (Å²) in [5.41, 5.74) is 1.22. The van der Waals surface area contributed by atoms with E-state index < -0.39 is 5.97 Å². The summed E-state index contributed by atoms with van der Waals surface area (Å²) in [6, 6.07) is 8.48. The van der Waals surface area contributed by atoms with Crippen LogP contribution in [0.1, 0.15) is 44.2 Å². The predicted molar refractivity (Wildman–Crippen MR) is 106 cm³/mol. The second-order valence-electron chi connectivity index (χ2n) is 7.81. The van der Waals surface area contributed by atoms with Crippen molar-refractivity contribution in [2.45, 2.75) is 44.7 Å². The number of carboxylic acid groups (broad SMARTS) is 1. The minimum atomic E-state index is -0.717. The molecule has 1 unspecified atom stereocenters. The van der Waals surface area contributed by atoms with Crippen LogP contribution in [0.5, 0.6) is 5.75 Å². The van der Waals surface area contributed by atoms with Crippen molar-refractivity contribution in [3.8, 4) is 5.75 Å². The largest absolute Gasteiger partial charge is 0.497 e. The molecule has 3 rings (SSSR count). The Morgan fingerprint density at radius 3 is 2.43 bits per heavy atom. The fourth-order valence-corrected chi connectivity index (χ4v) is 4.18. The van der Waals surface area contributed by atoms with Crippen molar-refractivity contribution in [2.24, 2.45) is 5.92 Å². The first-order valence-electron chi connectivity index (χ1n) is 10.1. The highest BCUT2D eigenvalue weighted by molar-refractivity contribution is 5.75. The van der Waals surface area contributed by atoms with E-state index in [9.17, 15) is 9.59 Å². The number of nitrogens with one attached hydrogen (secondary N) is 1. The number of rotatable bonds is 5. The average Bonchev–Trinajstić information content (AvgIpc) is 2.73. The standard InChI is InChI=1S/C21H31N3O4/c1-15(17-4-3-5-19(14-17)28-2)23-10-12-24(13-11-23)21(27)22-18-8-6-16(7-9-18)20(25)26/h3-5,14-16,18H,6-13H2,1-2H3,(H,22,27)(H,25,26). The van der Waals surface area contributed by atoms with Gasteiger partial charge in [0.15, 0.2) is 0 Å². The molecule has 0 aromatic heterocycles. The van der Waals surface area contributed by atoms with E-state index in [0.29, 0.717) is 25.9 Å². The number of piperazine rings is 1. The summed E-state index contributed by atoms with van der Waals surface area (Å²) in [5.74, 6) is -0.110. The van der Waals surface area contributed by atoms with Crippen LogP contribution in [0.3, 0.4) is 0 Å². The molecule has 1 aromatic rings. The number of ether oxygens (including phenoxy) is 1. The van der Waals surface area contributed by atoms with Crippen LogP contribution in [0.2, 0.25) is 0 Å². The molecule has 1 saturated heterocycles. The molecule has 1 aliphatic heterocycles. The first kappa shape index (κ1) is 20.5. The number of urea groups is 1. The number of carbonyl (C=O) groups is 2. The van der Waals surface area contributed by atoms with Crippen molar-refractivity contribution >= 4 is 12.0 Å². The fourth-order valence-electron chi connectivity index (χ4n) is 4.18. The zero-order valence-corrected chi connectivity index (χ0v) is 16.8. The quantitative estimate of drug-likeness (QED) is 0.809. The Labute approximate surface area is 166 Å². The zero-order valence-electron chi connectivity index (χ0n) is 16.8. The van der Waals surface area contributed by atoms with E-state index in [-0.39, 0.29) is 24.0 Å². The third-order valence-electron chi connectivity index (χ3n) is 6.13. The highest BCUT2D eigenvalue weighted by atomic mass is 16.5. The van der Waals surface area contributed by atoms with E-state index in [1.165, 1.54) is 5.56 Å². The summed E-state index contributed by atoms with van der Waals surface area (Å²) in [4.78, 5) is 27.9. The van der Waals surface area contributed by atoms with Gasteiger partial charge in [0.1, 0.15) is 5.75 Å². The van der Waals surface area contributed by atoms with Gasteiger partial charge in [0.25, 0.3) is 0 Å². The average molecular weight is 389 g/mol. The van der Waals surface area contributed by atoms with Gasteiger partial charge in [-0.05, 0) is 50.3 Å². The van der Waals surface area contributed by atoms with E-state index in [4.69, 9.17) is 9.84 Å². The van der Waals surface area contributed by atoms with Crippen LogP contribution >= 0.6 is 0 Å². The van der Waals surface area contributed by atoms with Gasteiger partial charge >= 0.3 is 12.0 Å². The molecule has 1 saturated carbocycles. The highest BCUT2D eigenvalue weighted by Gasteiger charge is 2.29. The fraction of sp³-hybridized carbons (Fsp3) is 0.619. The summed E-state index contributed by atoms with van der Waals surface area (Å²) < 4.78 is 5.32. The molecule has 0 spiro atoms. The van der Waals surface area contributed by atoms with Crippen molar-refractivity contribution < 1.29 is 19.4 Å². The Balaban J connectivity index is 1.45. The Morgan fingerprint density at radius 1 is 1.14 bits per heavy atom. The van der Waals surface area contributed by atoms with Crippen LogP contribution in [0, 0.1) is 5.92 Å². The zero-order chi connectivity index (χ0) is 20.1. The maximum Gasteiger partial charge on any atom is 0.317 e. The maximum absolute atomic E-state index is 12.6. The van der Waals surface area contributed by atoms with Gasteiger partial charge in [-0.2, -0.15) is 0 Å². The van der Waals surface area contributed by atoms with Gasteiger partial charge < -0.3 is 20.1 Å². The summed E-state index contributed by atoms with van der Waals surface area (Å²) in [6.45, 7) is 5.25. The number of methoxy groups -OCH3 is 1. The monoisotopic (exact) mass is 389 g/mol. The lowest BCUT2D eigenvalue weighted by Crippen LogP contribution is -2.54. The Morgan fingerprint density at radius 2 is 1.82 bits per heavy atom. The molecule has 1 aliphatic carbocycles. The second-order valence-corrected chi connectivity index (χ2v) is 7.81. The van der Waals surface area contributed by atoms with Gasteiger partial charge in [0.2, 0.25) is 0 Å². The van der Waals surface area contributed by atoms with Crippen LogP contribution in [-0.4, -0.2) is 66.2 Å². The predicted octanol–water partition coefficient (Wildman–Crippen LogP) is 2.73. The van der Waals surface area contributed by atoms with Crippen molar-refractivity contribution in [1.29, 1.82) is 0 Å². The molecule has 1 heterocycles. The first-order valence-corrected chi connectivity index (χ1v) is 10.1. The third-order valence-corrected chi connectivity index (χ3v) is 6.13. The normalized spacial score (nSPS) is 24.4. The van der Waals surface area contributed by atoms with E-state index >= 15 is 0 Å². The lowest BCUT2D eigenvalue weighted by molar-refractivity contribution is -0.142. The maximum atomic E-state index is 12.6. The molecule has 2 aliphatic rings. The van der Waals surface area contributed by atoms with Crippen LogP contribution in [-0.2, 0) is 4.79 Å². The number of hydrogen-bond acceptors (Lipinski definition) is 4. The van der Waals surface area contributed by atoms with E-state index in [0.717, 1.165) is 31.7 Å². The number of amides is 2. The van der Waals surface area contributed by atoms with Gasteiger partial charge in [-0.25, -0.2) is 4.79 Å². The molecule has 2 amide bonds. The molecule has 154 valence electrons. The molecule has 0 bridgehead atoms. The second kappa shape index (κ2) is 9.28. The molecular weight excluding hydrogens is 358 g/mol. The lowest BCUT2D eigenvalue weighted by Gasteiger charge is -2.39. The number of nitrogens with zero attached hydrogens (tertiary/aromatic N) is 2. The van der Waals surface area contributed by atoms with Crippen LogP contribution in [0.25, 0.3) is 0 Å². The lowest BCUT2D eigenvalue weighted by atomic mass is 9.86. The molecule has 7 heteroatoms. The molecule has 1 atom stereocenters. The molecule has 0 radical (unpaired) electrons. The minimum absolute atomic E-state index is 0.0209. The number of aliphatic carboxylic acids is 1. The summed E-state index contributed by atoms with van der Waals surface area (Å²) >= 11 is 0. The van der Waals surface area contributed by atoms with Gasteiger partial charge in [0, 0.05) is 38.3 Å². The van der Waals surface area contributed by atoms with Crippen molar-refractivity contribution in [3.63, 3.8) is 0 Å². The molecule has 1 aromatic carbocycles. The van der Waals surface area contributed by atoms with Crippen LogP contribution in [0.4, 0.5) is 4.79 Å². The van der Waals surface area contributed by atoms with Gasteiger partial charge in [-0.15, -0.1) is 0 Å². The summed E-state index contributed by atoms with van der Waals surface area (Å²) in [5, 5.41) is 12.2. The molecule has 7 nitrogen and oxygen atoms in total. The van der Waals surface area contributed by atoms with E-state index in [1.54, 1.807) is 7.11 Å². The van der Waals surface area contributed by atoms with Crippen LogP contribution in [0.15, 0.2) is 24.3 Å². The highest BCUT2D eigenvalue weighted by Crippen LogP contribution is 2.26. The molecule has 28 heavy (non-hydrogen) atoms. The molecule has 2 N–H and O–H groups in total. The smallest absolute Gasteiger partial charge is 0.317 e. The van der Waals surface area contributed by atoms with Crippen molar-refractivity contribution in [3.05, 3.63) is 29.8 Å². The Bertz CT molecular complexity index is 680. The first-order chi connectivity index (χ1) is 13.5. The number of carboxylic acids is 1. The van der Waals surface area contributed by atoms with Crippen molar-refractivity contribution in [1.82, 2.24) is 15.1 Å². The number of hydrogen-bond donors (Lipinski definition) is 2. The SMILES string of the molecule is COc1cccc(C(C)N2CCN(C(=O)NC3CCC(C(=O)O)CC3)CC2)c1. The van der Waals surface area contributed by atoms with Gasteiger partial charge in [0.05, 0.1) is 13.0 Å². The summed E-state index contributed by atoms with van der Waals surface area (Å²) in [7, 11) is 1.68. The minimum Gasteiger partial charge on any atom is -0.497 e. The Hall–Kier alpha value is -2.28. The topological polar surface area (TPSA) is 82.1 Å². The Kier molecular flexibility index (Phi) is 6.78. The van der Waals surface area contributed by atoms with Gasteiger partial charge in [-0.3, -0.25) is 9.69 Å². The van der Waals surface area contributed by atoms with E-state index in [2.05, 4.69) is 29.3 Å². The number of carbonyl (C=O) groups excluding carboxylic acids is 1. The third kappa shape index (κ3) is 4.95. The van der Waals surface area contributed by atoms with Crippen molar-refractivity contribution in [2.75, 3.05) is 33.3 Å².